The Labute approximate surface area is 228 Å². The molecule has 13 heteroatoms. The summed E-state index contributed by atoms with van der Waals surface area (Å²) >= 11 is 0. The molecule has 3 rings (SSSR count). The molecule has 1 amide bonds. The number of alkyl halides is 6. The molecule has 0 spiro atoms. The third-order valence-electron chi connectivity index (χ3n) is 7.20. The van der Waals surface area contributed by atoms with Crippen LogP contribution in [-0.4, -0.2) is 62.3 Å². The smallest absolute Gasteiger partial charge is 0.341 e. The Kier molecular flexibility index (Phi) is 9.29. The minimum absolute atomic E-state index is 0.0338. The fourth-order valence-corrected chi connectivity index (χ4v) is 6.42. The molecule has 0 aromatic heterocycles. The number of hydrogen-bond acceptors (Lipinski definition) is 4. The van der Waals surface area contributed by atoms with Gasteiger partial charge in [-0.15, -0.1) is 0 Å². The molecule has 1 heterocycles. The lowest BCUT2D eigenvalue weighted by atomic mass is 9.78. The lowest BCUT2D eigenvalue weighted by Crippen LogP contribution is -2.50. The highest BCUT2D eigenvalue weighted by molar-refractivity contribution is 7.90. The number of carbonyl (C=O) groups excluding carboxylic acids is 1. The third-order valence-corrected chi connectivity index (χ3v) is 8.29. The SMILES string of the molecule is Cc1cc(F)ccc1[C@@H]1CN(C(C)CS(C)(=O)=O)CC[C@H]1C(=O)N(C)Cc1cc(C(F)(F)F)cc(C(F)(F)F)c1. The molecule has 0 saturated carbocycles. The van der Waals surface area contributed by atoms with E-state index in [0.29, 0.717) is 29.8 Å². The fourth-order valence-electron chi connectivity index (χ4n) is 5.33. The fraction of sp³-hybridized carbons (Fsp3) is 0.519. The quantitative estimate of drug-likeness (QED) is 0.387. The first-order valence-electron chi connectivity index (χ1n) is 12.5. The van der Waals surface area contributed by atoms with Crippen LogP contribution < -0.4 is 0 Å². The molecule has 1 saturated heterocycles. The maximum atomic E-state index is 13.9. The van der Waals surface area contributed by atoms with Crippen LogP contribution in [0.1, 0.15) is 47.1 Å². The van der Waals surface area contributed by atoms with Gasteiger partial charge >= 0.3 is 12.4 Å². The summed E-state index contributed by atoms with van der Waals surface area (Å²) in [4.78, 5) is 16.6. The average molecular weight is 597 g/mol. The summed E-state index contributed by atoms with van der Waals surface area (Å²) in [6.45, 7) is 3.53. The molecular weight excluding hydrogens is 565 g/mol. The van der Waals surface area contributed by atoms with E-state index < -0.39 is 63.4 Å². The van der Waals surface area contributed by atoms with E-state index in [-0.39, 0.29) is 36.4 Å². The molecule has 2 aromatic carbocycles. The maximum absolute atomic E-state index is 13.9. The Hall–Kier alpha value is -2.67. The van der Waals surface area contributed by atoms with Gasteiger partial charge < -0.3 is 4.90 Å². The van der Waals surface area contributed by atoms with E-state index in [1.807, 2.05) is 4.90 Å². The van der Waals surface area contributed by atoms with Crippen molar-refractivity contribution in [1.82, 2.24) is 9.80 Å². The van der Waals surface area contributed by atoms with E-state index in [2.05, 4.69) is 0 Å². The van der Waals surface area contributed by atoms with Gasteiger partial charge in [-0.25, -0.2) is 12.8 Å². The molecule has 1 fully saturated rings. The molecule has 1 aliphatic heterocycles. The largest absolute Gasteiger partial charge is 0.416 e. The second kappa shape index (κ2) is 11.7. The zero-order valence-corrected chi connectivity index (χ0v) is 23.2. The summed E-state index contributed by atoms with van der Waals surface area (Å²) < 4.78 is 117. The number of nitrogens with zero attached hydrogens (tertiary/aromatic N) is 2. The Bertz CT molecular complexity index is 1310. The normalized spacial score (nSPS) is 19.9. The first-order valence-corrected chi connectivity index (χ1v) is 14.5. The van der Waals surface area contributed by atoms with E-state index in [9.17, 15) is 43.9 Å². The first-order chi connectivity index (χ1) is 18.3. The Balaban J connectivity index is 1.92. The molecule has 222 valence electrons. The average Bonchev–Trinajstić information content (AvgIpc) is 2.81. The first kappa shape index (κ1) is 31.9. The zero-order chi connectivity index (χ0) is 30.2. The number of carbonyl (C=O) groups is 1. The van der Waals surface area contributed by atoms with Gasteiger partial charge in [0.25, 0.3) is 0 Å². The van der Waals surface area contributed by atoms with Gasteiger partial charge in [0.2, 0.25) is 5.91 Å². The van der Waals surface area contributed by atoms with Gasteiger partial charge in [-0.05, 0) is 73.8 Å². The summed E-state index contributed by atoms with van der Waals surface area (Å²) in [6.07, 6.45) is -8.65. The summed E-state index contributed by atoms with van der Waals surface area (Å²) in [6, 6.07) is 4.94. The summed E-state index contributed by atoms with van der Waals surface area (Å²) in [7, 11) is -1.99. The molecule has 0 bridgehead atoms. The topological polar surface area (TPSA) is 57.7 Å². The number of hydrogen-bond donors (Lipinski definition) is 0. The van der Waals surface area contributed by atoms with Gasteiger partial charge in [-0.1, -0.05) is 6.07 Å². The van der Waals surface area contributed by atoms with Crippen molar-refractivity contribution in [3.63, 3.8) is 0 Å². The predicted molar refractivity (Wildman–Crippen MR) is 136 cm³/mol. The molecule has 5 nitrogen and oxygen atoms in total. The van der Waals surface area contributed by atoms with E-state index in [0.717, 1.165) is 11.2 Å². The highest BCUT2D eigenvalue weighted by atomic mass is 32.2. The van der Waals surface area contributed by atoms with Crippen molar-refractivity contribution in [1.29, 1.82) is 0 Å². The monoisotopic (exact) mass is 596 g/mol. The molecular formula is C27H31F7N2O3S. The molecule has 0 radical (unpaired) electrons. The van der Waals surface area contributed by atoms with Gasteiger partial charge in [0, 0.05) is 44.3 Å². The van der Waals surface area contributed by atoms with E-state index in [1.54, 1.807) is 19.9 Å². The number of likely N-dealkylation sites (tertiary alicyclic amines) is 1. The lowest BCUT2D eigenvalue weighted by molar-refractivity contribution is -0.143. The number of benzene rings is 2. The van der Waals surface area contributed by atoms with Gasteiger partial charge in [-0.2, -0.15) is 26.3 Å². The molecule has 40 heavy (non-hydrogen) atoms. The molecule has 3 atom stereocenters. The Morgan fingerprint density at radius 1 is 1.05 bits per heavy atom. The van der Waals surface area contributed by atoms with Gasteiger partial charge in [-0.3, -0.25) is 9.69 Å². The van der Waals surface area contributed by atoms with Gasteiger partial charge in [0.1, 0.15) is 15.7 Å². The van der Waals surface area contributed by atoms with Crippen LogP contribution >= 0.6 is 0 Å². The predicted octanol–water partition coefficient (Wildman–Crippen LogP) is 5.67. The number of piperidine rings is 1. The van der Waals surface area contributed by atoms with Crippen LogP contribution in [0, 0.1) is 18.7 Å². The van der Waals surface area contributed by atoms with Crippen LogP contribution in [0.5, 0.6) is 0 Å². The zero-order valence-electron chi connectivity index (χ0n) is 22.4. The highest BCUT2D eigenvalue weighted by Gasteiger charge is 2.40. The minimum atomic E-state index is -5.01. The van der Waals surface area contributed by atoms with Gasteiger partial charge in [0.15, 0.2) is 0 Å². The molecule has 2 aromatic rings. The van der Waals surface area contributed by atoms with Crippen LogP contribution in [0.4, 0.5) is 30.7 Å². The van der Waals surface area contributed by atoms with Crippen molar-refractivity contribution in [3.05, 3.63) is 70.0 Å². The Morgan fingerprint density at radius 2 is 1.62 bits per heavy atom. The van der Waals surface area contributed by atoms with Crippen LogP contribution in [0.2, 0.25) is 0 Å². The minimum Gasteiger partial charge on any atom is -0.341 e. The van der Waals surface area contributed by atoms with Crippen molar-refractivity contribution in [3.8, 4) is 0 Å². The van der Waals surface area contributed by atoms with Crippen molar-refractivity contribution in [2.24, 2.45) is 5.92 Å². The lowest BCUT2D eigenvalue weighted by Gasteiger charge is -2.42. The second-order valence-corrected chi connectivity index (χ2v) is 12.7. The maximum Gasteiger partial charge on any atom is 0.416 e. The molecule has 0 aliphatic carbocycles. The van der Waals surface area contributed by atoms with Crippen molar-refractivity contribution in [2.45, 2.75) is 51.1 Å². The number of amides is 1. The van der Waals surface area contributed by atoms with Gasteiger partial charge in [0.05, 0.1) is 16.9 Å². The summed E-state index contributed by atoms with van der Waals surface area (Å²) in [5.41, 5.74) is -2.04. The number of sulfone groups is 1. The molecule has 1 aliphatic rings. The summed E-state index contributed by atoms with van der Waals surface area (Å²) in [5, 5.41) is 0. The van der Waals surface area contributed by atoms with Crippen LogP contribution in [0.25, 0.3) is 0 Å². The highest BCUT2D eigenvalue weighted by Crippen LogP contribution is 2.38. The van der Waals surface area contributed by atoms with E-state index >= 15 is 0 Å². The standard InChI is InChI=1S/C27H31F7N2O3S/c1-16-9-21(28)5-6-22(16)24-14-36(17(2)15-40(4,38)39)8-7-23(24)25(37)35(3)13-18-10-19(26(29,30)31)12-20(11-18)27(32,33)34/h5-6,9-12,17,23-24H,7-8,13-15H2,1-4H3/t17?,23-,24+/m1/s1. The molecule has 0 N–H and O–H groups in total. The van der Waals surface area contributed by atoms with E-state index in [4.69, 9.17) is 0 Å². The number of rotatable bonds is 7. The third kappa shape index (κ3) is 7.96. The number of halogens is 7. The van der Waals surface area contributed by atoms with E-state index in [1.165, 1.54) is 19.2 Å². The van der Waals surface area contributed by atoms with Crippen LogP contribution in [0.3, 0.4) is 0 Å². The summed E-state index contributed by atoms with van der Waals surface area (Å²) in [5.74, 6) is -2.32. The molecule has 1 unspecified atom stereocenters. The Morgan fingerprint density at radius 3 is 2.12 bits per heavy atom. The van der Waals surface area contributed by atoms with Crippen LogP contribution in [-0.2, 0) is 33.5 Å². The number of aryl methyl sites for hydroxylation is 1. The van der Waals surface area contributed by atoms with Crippen molar-refractivity contribution < 1.29 is 43.9 Å². The van der Waals surface area contributed by atoms with Crippen LogP contribution in [0.15, 0.2) is 36.4 Å². The van der Waals surface area contributed by atoms with Crippen molar-refractivity contribution in [2.75, 3.05) is 32.1 Å². The van der Waals surface area contributed by atoms with Crippen molar-refractivity contribution >= 4 is 15.7 Å². The second-order valence-electron chi connectivity index (χ2n) is 10.5.